The van der Waals surface area contributed by atoms with E-state index >= 15 is 0 Å². The number of pyridine rings is 2. The number of hydrogen-bond donors (Lipinski definition) is 1. The lowest BCUT2D eigenvalue weighted by Gasteiger charge is -2.19. The van der Waals surface area contributed by atoms with Crippen LogP contribution in [0.5, 0.6) is 5.75 Å². The smallest absolute Gasteiger partial charge is 0.138 e. The molecule has 1 unspecified atom stereocenters. The first kappa shape index (κ1) is 15.4. The maximum atomic E-state index is 5.73. The van der Waals surface area contributed by atoms with Crippen molar-refractivity contribution in [2.75, 3.05) is 6.54 Å². The van der Waals surface area contributed by atoms with E-state index < -0.39 is 0 Å². The largest absolute Gasteiger partial charge is 0.489 e. The zero-order valence-electron chi connectivity index (χ0n) is 12.9. The molecule has 0 bridgehead atoms. The zero-order valence-corrected chi connectivity index (χ0v) is 12.9. The van der Waals surface area contributed by atoms with Crippen LogP contribution in [0.15, 0.2) is 42.9 Å². The standard InChI is InChI=1S/C17H23N3O/c1-4-19-17(10-15-7-5-6-8-20-15)14-9-16(12-18-11-14)21-13(2)3/h5-9,11-13,17,19H,4,10H2,1-3H3. The number of rotatable bonds is 7. The van der Waals surface area contributed by atoms with Gasteiger partial charge in [-0.15, -0.1) is 0 Å². The van der Waals surface area contributed by atoms with Crippen LogP contribution in [-0.4, -0.2) is 22.6 Å². The van der Waals surface area contributed by atoms with Crippen LogP contribution in [0.1, 0.15) is 38.1 Å². The van der Waals surface area contributed by atoms with Crippen LogP contribution in [0.3, 0.4) is 0 Å². The Bertz CT molecular complexity index is 543. The Hall–Kier alpha value is -1.94. The van der Waals surface area contributed by atoms with E-state index in [1.807, 2.05) is 44.4 Å². The highest BCUT2D eigenvalue weighted by molar-refractivity contribution is 5.27. The van der Waals surface area contributed by atoms with Crippen molar-refractivity contribution in [3.8, 4) is 5.75 Å². The van der Waals surface area contributed by atoms with Gasteiger partial charge >= 0.3 is 0 Å². The Balaban J connectivity index is 2.17. The fourth-order valence-corrected chi connectivity index (χ4v) is 2.25. The molecule has 1 N–H and O–H groups in total. The van der Waals surface area contributed by atoms with Crippen molar-refractivity contribution in [2.45, 2.75) is 39.3 Å². The van der Waals surface area contributed by atoms with E-state index in [-0.39, 0.29) is 12.1 Å². The van der Waals surface area contributed by atoms with Crippen molar-refractivity contribution >= 4 is 0 Å². The predicted molar refractivity (Wildman–Crippen MR) is 84.4 cm³/mol. The second-order valence-electron chi connectivity index (χ2n) is 5.26. The summed E-state index contributed by atoms with van der Waals surface area (Å²) in [5, 5.41) is 3.49. The topological polar surface area (TPSA) is 47.0 Å². The second-order valence-corrected chi connectivity index (χ2v) is 5.26. The number of nitrogens with zero attached hydrogens (tertiary/aromatic N) is 2. The first-order valence-electron chi connectivity index (χ1n) is 7.44. The Kier molecular flexibility index (Phi) is 5.69. The molecule has 21 heavy (non-hydrogen) atoms. The summed E-state index contributed by atoms with van der Waals surface area (Å²) in [7, 11) is 0. The zero-order chi connectivity index (χ0) is 15.1. The molecule has 0 aliphatic carbocycles. The van der Waals surface area contributed by atoms with Crippen molar-refractivity contribution in [1.82, 2.24) is 15.3 Å². The van der Waals surface area contributed by atoms with Gasteiger partial charge in [0.15, 0.2) is 0 Å². The van der Waals surface area contributed by atoms with Crippen molar-refractivity contribution in [1.29, 1.82) is 0 Å². The highest BCUT2D eigenvalue weighted by Crippen LogP contribution is 2.21. The number of hydrogen-bond acceptors (Lipinski definition) is 4. The van der Waals surface area contributed by atoms with E-state index in [9.17, 15) is 0 Å². The van der Waals surface area contributed by atoms with E-state index in [1.54, 1.807) is 6.20 Å². The molecule has 0 amide bonds. The summed E-state index contributed by atoms with van der Waals surface area (Å²) in [6.45, 7) is 7.03. The molecule has 0 fully saturated rings. The van der Waals surface area contributed by atoms with E-state index in [2.05, 4.69) is 28.3 Å². The highest BCUT2D eigenvalue weighted by Gasteiger charge is 2.13. The van der Waals surface area contributed by atoms with Crippen LogP contribution in [0.2, 0.25) is 0 Å². The summed E-state index contributed by atoms with van der Waals surface area (Å²) >= 11 is 0. The van der Waals surface area contributed by atoms with Crippen LogP contribution >= 0.6 is 0 Å². The van der Waals surface area contributed by atoms with Gasteiger partial charge in [-0.1, -0.05) is 13.0 Å². The van der Waals surface area contributed by atoms with Crippen molar-refractivity contribution in [2.24, 2.45) is 0 Å². The minimum Gasteiger partial charge on any atom is -0.489 e. The van der Waals surface area contributed by atoms with E-state index in [1.165, 1.54) is 0 Å². The van der Waals surface area contributed by atoms with Gasteiger partial charge in [0.1, 0.15) is 5.75 Å². The quantitative estimate of drug-likeness (QED) is 0.849. The minimum atomic E-state index is 0.149. The molecule has 2 aromatic rings. The number of nitrogens with one attached hydrogen (secondary N) is 1. The van der Waals surface area contributed by atoms with Crippen LogP contribution in [0.25, 0.3) is 0 Å². The van der Waals surface area contributed by atoms with Gasteiger partial charge in [-0.05, 0) is 44.2 Å². The third-order valence-corrected chi connectivity index (χ3v) is 3.10. The monoisotopic (exact) mass is 285 g/mol. The lowest BCUT2D eigenvalue weighted by Crippen LogP contribution is -2.23. The third kappa shape index (κ3) is 4.83. The lowest BCUT2D eigenvalue weighted by molar-refractivity contribution is 0.241. The molecule has 112 valence electrons. The van der Waals surface area contributed by atoms with Gasteiger partial charge in [-0.3, -0.25) is 9.97 Å². The van der Waals surface area contributed by atoms with Gasteiger partial charge < -0.3 is 10.1 Å². The van der Waals surface area contributed by atoms with Crippen LogP contribution in [-0.2, 0) is 6.42 Å². The van der Waals surface area contributed by atoms with Crippen LogP contribution in [0, 0.1) is 0 Å². The maximum absolute atomic E-state index is 5.73. The lowest BCUT2D eigenvalue weighted by atomic mass is 10.0. The van der Waals surface area contributed by atoms with Gasteiger partial charge in [0.25, 0.3) is 0 Å². The van der Waals surface area contributed by atoms with Gasteiger partial charge in [-0.2, -0.15) is 0 Å². The third-order valence-electron chi connectivity index (χ3n) is 3.10. The van der Waals surface area contributed by atoms with Crippen molar-refractivity contribution in [3.63, 3.8) is 0 Å². The Morgan fingerprint density at radius 1 is 1.24 bits per heavy atom. The molecule has 1 atom stereocenters. The summed E-state index contributed by atoms with van der Waals surface area (Å²) in [5.41, 5.74) is 2.19. The molecule has 0 aromatic carbocycles. The van der Waals surface area contributed by atoms with E-state index in [4.69, 9.17) is 4.74 Å². The molecular weight excluding hydrogens is 262 g/mol. The van der Waals surface area contributed by atoms with Gasteiger partial charge in [0.05, 0.1) is 12.3 Å². The summed E-state index contributed by atoms with van der Waals surface area (Å²) in [6, 6.07) is 8.25. The molecule has 0 spiro atoms. The predicted octanol–water partition coefficient (Wildman–Crippen LogP) is 3.16. The summed E-state index contributed by atoms with van der Waals surface area (Å²) in [4.78, 5) is 8.70. The van der Waals surface area contributed by atoms with Crippen LogP contribution in [0.4, 0.5) is 0 Å². The number of likely N-dealkylation sites (N-methyl/N-ethyl adjacent to an activating group) is 1. The minimum absolute atomic E-state index is 0.149. The number of aromatic nitrogens is 2. The average molecular weight is 285 g/mol. The number of ether oxygens (including phenoxy) is 1. The molecule has 2 rings (SSSR count). The maximum Gasteiger partial charge on any atom is 0.138 e. The highest BCUT2D eigenvalue weighted by atomic mass is 16.5. The van der Waals surface area contributed by atoms with E-state index in [0.717, 1.165) is 30.0 Å². The van der Waals surface area contributed by atoms with Gasteiger partial charge in [0, 0.05) is 30.6 Å². The first-order chi connectivity index (χ1) is 10.2. The molecule has 0 saturated carbocycles. The summed E-state index contributed by atoms with van der Waals surface area (Å²) < 4.78 is 5.73. The molecule has 0 aliphatic rings. The first-order valence-corrected chi connectivity index (χ1v) is 7.44. The normalized spacial score (nSPS) is 12.4. The van der Waals surface area contributed by atoms with Crippen LogP contribution < -0.4 is 10.1 Å². The Morgan fingerprint density at radius 2 is 2.10 bits per heavy atom. The molecule has 2 aromatic heterocycles. The molecule has 4 nitrogen and oxygen atoms in total. The average Bonchev–Trinajstić information content (AvgIpc) is 2.47. The molecule has 0 radical (unpaired) electrons. The molecule has 2 heterocycles. The van der Waals surface area contributed by atoms with Crippen molar-refractivity contribution < 1.29 is 4.74 Å². The summed E-state index contributed by atoms with van der Waals surface area (Å²) in [5.74, 6) is 0.812. The fourth-order valence-electron chi connectivity index (χ4n) is 2.25. The SMILES string of the molecule is CCNC(Cc1ccccn1)c1cncc(OC(C)C)c1. The fraction of sp³-hybridized carbons (Fsp3) is 0.412. The Morgan fingerprint density at radius 3 is 2.76 bits per heavy atom. The molecular formula is C17H23N3O. The molecule has 0 aliphatic heterocycles. The Labute approximate surface area is 126 Å². The van der Waals surface area contributed by atoms with Gasteiger partial charge in [-0.25, -0.2) is 0 Å². The molecule has 0 saturated heterocycles. The van der Waals surface area contributed by atoms with E-state index in [0.29, 0.717) is 0 Å². The molecule has 4 heteroatoms. The van der Waals surface area contributed by atoms with Gasteiger partial charge in [0.2, 0.25) is 0 Å². The second kappa shape index (κ2) is 7.74. The van der Waals surface area contributed by atoms with Crippen molar-refractivity contribution in [3.05, 3.63) is 54.1 Å². The summed E-state index contributed by atoms with van der Waals surface area (Å²) in [6.07, 6.45) is 6.46.